The predicted molar refractivity (Wildman–Crippen MR) is 65.1 cm³/mol. The van der Waals surface area contributed by atoms with Gasteiger partial charge >= 0.3 is 0 Å². The average molecular weight is 252 g/mol. The fourth-order valence-corrected chi connectivity index (χ4v) is 1.49. The van der Waals surface area contributed by atoms with E-state index in [0.717, 1.165) is 0 Å². The zero-order valence-corrected chi connectivity index (χ0v) is 9.78. The van der Waals surface area contributed by atoms with Crippen LogP contribution < -0.4 is 11.1 Å². The van der Waals surface area contributed by atoms with Crippen LogP contribution in [0.4, 0.5) is 11.4 Å². The Morgan fingerprint density at radius 1 is 1.47 bits per heavy atom. The van der Waals surface area contributed by atoms with Gasteiger partial charge in [0.1, 0.15) is 5.76 Å². The number of nitrogens with two attached hydrogens (primary N) is 1. The third-order valence-corrected chi connectivity index (χ3v) is 2.36. The van der Waals surface area contributed by atoms with E-state index in [1.165, 1.54) is 0 Å². The number of nitrogen functional groups attached to an aromatic ring is 1. The SMILES string of the molecule is Cc1cc(C(=O)Nc2ccc(Cl)cc2N)no1. The number of aromatic nitrogens is 1. The van der Waals surface area contributed by atoms with Crippen molar-refractivity contribution >= 4 is 28.9 Å². The maximum Gasteiger partial charge on any atom is 0.277 e. The van der Waals surface area contributed by atoms with Crippen LogP contribution in [0.1, 0.15) is 16.2 Å². The summed E-state index contributed by atoms with van der Waals surface area (Å²) < 4.78 is 4.81. The highest BCUT2D eigenvalue weighted by Crippen LogP contribution is 2.23. The number of hydrogen-bond donors (Lipinski definition) is 2. The van der Waals surface area contributed by atoms with Gasteiger partial charge in [-0.2, -0.15) is 0 Å². The number of aryl methyl sites for hydroxylation is 1. The van der Waals surface area contributed by atoms with Crippen LogP contribution in [0.2, 0.25) is 5.02 Å². The lowest BCUT2D eigenvalue weighted by Crippen LogP contribution is -2.13. The number of carbonyl (C=O) groups is 1. The van der Waals surface area contributed by atoms with Gasteiger partial charge in [0.25, 0.3) is 5.91 Å². The molecule has 1 amide bonds. The van der Waals surface area contributed by atoms with Crippen molar-refractivity contribution in [2.45, 2.75) is 6.92 Å². The van der Waals surface area contributed by atoms with Crippen LogP contribution in [0, 0.1) is 6.92 Å². The standard InChI is InChI=1S/C11H10ClN3O2/c1-6-4-10(15-17-6)11(16)14-9-3-2-7(12)5-8(9)13/h2-5H,13H2,1H3,(H,14,16). The Morgan fingerprint density at radius 2 is 2.24 bits per heavy atom. The number of rotatable bonds is 2. The van der Waals surface area contributed by atoms with Crippen molar-refractivity contribution in [3.05, 3.63) is 40.7 Å². The highest BCUT2D eigenvalue weighted by Gasteiger charge is 2.12. The fraction of sp³-hybridized carbons (Fsp3) is 0.0909. The number of benzene rings is 1. The second kappa shape index (κ2) is 4.47. The number of halogens is 1. The molecule has 17 heavy (non-hydrogen) atoms. The summed E-state index contributed by atoms with van der Waals surface area (Å²) in [6, 6.07) is 6.37. The molecule has 1 heterocycles. The van der Waals surface area contributed by atoms with Gasteiger partial charge in [-0.05, 0) is 25.1 Å². The number of amides is 1. The number of anilines is 2. The molecule has 0 aliphatic heterocycles. The van der Waals surface area contributed by atoms with Gasteiger partial charge < -0.3 is 15.6 Å². The van der Waals surface area contributed by atoms with Crippen molar-refractivity contribution in [3.8, 4) is 0 Å². The molecule has 5 nitrogen and oxygen atoms in total. The third kappa shape index (κ3) is 2.57. The smallest absolute Gasteiger partial charge is 0.277 e. The van der Waals surface area contributed by atoms with Crippen molar-refractivity contribution in [2.75, 3.05) is 11.1 Å². The molecule has 0 aliphatic rings. The molecule has 88 valence electrons. The maximum atomic E-state index is 11.7. The van der Waals surface area contributed by atoms with Crippen molar-refractivity contribution in [1.29, 1.82) is 0 Å². The second-order valence-corrected chi connectivity index (χ2v) is 3.94. The first-order chi connectivity index (χ1) is 8.06. The van der Waals surface area contributed by atoms with E-state index in [4.69, 9.17) is 21.9 Å². The van der Waals surface area contributed by atoms with Gasteiger partial charge in [0.2, 0.25) is 0 Å². The van der Waals surface area contributed by atoms with Gasteiger partial charge in [-0.15, -0.1) is 0 Å². The van der Waals surface area contributed by atoms with Crippen molar-refractivity contribution in [3.63, 3.8) is 0 Å². The summed E-state index contributed by atoms with van der Waals surface area (Å²) >= 11 is 5.75. The van der Waals surface area contributed by atoms with Crippen molar-refractivity contribution in [2.24, 2.45) is 0 Å². The van der Waals surface area contributed by atoms with Crippen LogP contribution in [-0.4, -0.2) is 11.1 Å². The minimum atomic E-state index is -0.379. The number of nitrogens with one attached hydrogen (secondary N) is 1. The Morgan fingerprint density at radius 3 is 2.82 bits per heavy atom. The number of hydrogen-bond acceptors (Lipinski definition) is 4. The summed E-state index contributed by atoms with van der Waals surface area (Å²) in [6.45, 7) is 1.71. The van der Waals surface area contributed by atoms with E-state index in [9.17, 15) is 4.79 Å². The van der Waals surface area contributed by atoms with E-state index in [1.54, 1.807) is 31.2 Å². The van der Waals surface area contributed by atoms with E-state index in [0.29, 0.717) is 22.2 Å². The van der Waals surface area contributed by atoms with E-state index in [-0.39, 0.29) is 11.6 Å². The van der Waals surface area contributed by atoms with Gasteiger partial charge in [0.05, 0.1) is 11.4 Å². The molecule has 0 aliphatic carbocycles. The molecule has 3 N–H and O–H groups in total. The lowest BCUT2D eigenvalue weighted by molar-refractivity contribution is 0.101. The monoisotopic (exact) mass is 251 g/mol. The summed E-state index contributed by atoms with van der Waals surface area (Å²) in [4.78, 5) is 11.7. The Hall–Kier alpha value is -2.01. The van der Waals surface area contributed by atoms with Crippen LogP contribution in [0.5, 0.6) is 0 Å². The zero-order chi connectivity index (χ0) is 12.4. The fourth-order valence-electron chi connectivity index (χ4n) is 1.31. The lowest BCUT2D eigenvalue weighted by atomic mass is 10.2. The molecule has 0 fully saturated rings. The largest absolute Gasteiger partial charge is 0.397 e. The van der Waals surface area contributed by atoms with Crippen LogP contribution in [-0.2, 0) is 0 Å². The molecule has 1 aromatic heterocycles. The molecule has 0 saturated carbocycles. The van der Waals surface area contributed by atoms with Crippen LogP contribution in [0.3, 0.4) is 0 Å². The Bertz CT molecular complexity index is 566. The molecule has 0 saturated heterocycles. The van der Waals surface area contributed by atoms with Crippen LogP contribution in [0.15, 0.2) is 28.8 Å². The van der Waals surface area contributed by atoms with Gasteiger partial charge in [-0.1, -0.05) is 16.8 Å². The van der Waals surface area contributed by atoms with Crippen LogP contribution >= 0.6 is 11.6 Å². The van der Waals surface area contributed by atoms with Gasteiger partial charge in [0, 0.05) is 11.1 Å². The normalized spacial score (nSPS) is 10.2. The Kier molecular flexibility index (Phi) is 3.01. The second-order valence-electron chi connectivity index (χ2n) is 3.51. The quantitative estimate of drug-likeness (QED) is 0.804. The average Bonchev–Trinajstić information content (AvgIpc) is 2.69. The molecule has 0 bridgehead atoms. The highest BCUT2D eigenvalue weighted by atomic mass is 35.5. The first kappa shape index (κ1) is 11.5. The molecular weight excluding hydrogens is 242 g/mol. The lowest BCUT2D eigenvalue weighted by Gasteiger charge is -2.06. The number of carbonyl (C=O) groups excluding carboxylic acids is 1. The topological polar surface area (TPSA) is 81.2 Å². The summed E-state index contributed by atoms with van der Waals surface area (Å²) in [5.41, 5.74) is 6.80. The number of nitrogens with zero attached hydrogens (tertiary/aromatic N) is 1. The first-order valence-corrected chi connectivity index (χ1v) is 5.24. The van der Waals surface area contributed by atoms with Gasteiger partial charge in [-0.25, -0.2) is 0 Å². The Balaban J connectivity index is 2.18. The van der Waals surface area contributed by atoms with E-state index in [1.807, 2.05) is 0 Å². The van der Waals surface area contributed by atoms with Crippen molar-refractivity contribution < 1.29 is 9.32 Å². The van der Waals surface area contributed by atoms with Crippen LogP contribution in [0.25, 0.3) is 0 Å². The van der Waals surface area contributed by atoms with E-state index < -0.39 is 0 Å². The van der Waals surface area contributed by atoms with E-state index >= 15 is 0 Å². The zero-order valence-electron chi connectivity index (χ0n) is 9.03. The predicted octanol–water partition coefficient (Wildman–Crippen LogP) is 2.47. The summed E-state index contributed by atoms with van der Waals surface area (Å²) in [5.74, 6) is 0.190. The minimum absolute atomic E-state index is 0.205. The highest BCUT2D eigenvalue weighted by molar-refractivity contribution is 6.31. The third-order valence-electron chi connectivity index (χ3n) is 2.12. The van der Waals surface area contributed by atoms with Gasteiger partial charge in [-0.3, -0.25) is 4.79 Å². The maximum absolute atomic E-state index is 11.7. The van der Waals surface area contributed by atoms with Gasteiger partial charge in [0.15, 0.2) is 5.69 Å². The molecular formula is C11H10ClN3O2. The molecule has 1 aromatic carbocycles. The molecule has 0 atom stereocenters. The molecule has 0 spiro atoms. The van der Waals surface area contributed by atoms with E-state index in [2.05, 4.69) is 10.5 Å². The molecule has 2 rings (SSSR count). The first-order valence-electron chi connectivity index (χ1n) is 4.86. The van der Waals surface area contributed by atoms with Crippen molar-refractivity contribution in [1.82, 2.24) is 5.16 Å². The molecule has 0 unspecified atom stereocenters. The molecule has 0 radical (unpaired) electrons. The summed E-state index contributed by atoms with van der Waals surface area (Å²) in [7, 11) is 0. The minimum Gasteiger partial charge on any atom is -0.397 e. The Labute approximate surface area is 103 Å². The molecule has 2 aromatic rings. The molecule has 6 heteroatoms. The summed E-state index contributed by atoms with van der Waals surface area (Å²) in [5, 5.41) is 6.74. The summed E-state index contributed by atoms with van der Waals surface area (Å²) in [6.07, 6.45) is 0.